The number of benzene rings is 1. The number of hydrogen-bond acceptors (Lipinski definition) is 8. The Morgan fingerprint density at radius 3 is 2.63 bits per heavy atom. The fourth-order valence-corrected chi connectivity index (χ4v) is 4.77. The van der Waals surface area contributed by atoms with Gasteiger partial charge >= 0.3 is 6.18 Å². The molecule has 1 saturated heterocycles. The molecule has 2 aliphatic heterocycles. The van der Waals surface area contributed by atoms with E-state index >= 15 is 0 Å². The smallest absolute Gasteiger partial charge is 0.365 e. The van der Waals surface area contributed by atoms with Crippen LogP contribution in [0, 0.1) is 0 Å². The lowest BCUT2D eigenvalue weighted by Crippen LogP contribution is -2.46. The summed E-state index contributed by atoms with van der Waals surface area (Å²) in [4.78, 5) is 37.2. The molecule has 0 radical (unpaired) electrons. The summed E-state index contributed by atoms with van der Waals surface area (Å²) >= 11 is 1.07. The van der Waals surface area contributed by atoms with Gasteiger partial charge in [-0.2, -0.15) is 13.2 Å². The Morgan fingerprint density at radius 1 is 1.20 bits per heavy atom. The van der Waals surface area contributed by atoms with Crippen molar-refractivity contribution in [1.82, 2.24) is 25.1 Å². The number of fused-ring (bicyclic) bond motifs is 1. The second-order valence-corrected chi connectivity index (χ2v) is 9.22. The third-order valence-corrected chi connectivity index (χ3v) is 6.72. The number of primary amides is 1. The summed E-state index contributed by atoms with van der Waals surface area (Å²) in [7, 11) is 2.08. The molecule has 0 bridgehead atoms. The minimum atomic E-state index is -4.70. The maximum atomic E-state index is 13.1. The lowest BCUT2D eigenvalue weighted by molar-refractivity contribution is -0.141. The van der Waals surface area contributed by atoms with Gasteiger partial charge in [-0.1, -0.05) is 11.8 Å². The van der Waals surface area contributed by atoms with E-state index in [-0.39, 0.29) is 16.5 Å². The Balaban J connectivity index is 1.46. The minimum Gasteiger partial charge on any atom is -0.365 e. The molecule has 0 aliphatic carbocycles. The second kappa shape index (κ2) is 10.2. The molecule has 1 aromatic heterocycles. The molecule has 0 unspecified atom stereocenters. The predicted octanol–water partition coefficient (Wildman–Crippen LogP) is 1.84. The van der Waals surface area contributed by atoms with Crippen molar-refractivity contribution in [3.63, 3.8) is 0 Å². The van der Waals surface area contributed by atoms with E-state index in [4.69, 9.17) is 5.73 Å². The second-order valence-electron chi connectivity index (χ2n) is 8.17. The zero-order valence-corrected chi connectivity index (χ0v) is 19.7. The molecule has 1 aromatic carbocycles. The van der Waals surface area contributed by atoms with Crippen molar-refractivity contribution in [3.8, 4) is 0 Å². The number of nitrogens with one attached hydrogen (secondary N) is 2. The van der Waals surface area contributed by atoms with Gasteiger partial charge in [0.05, 0.1) is 10.7 Å². The van der Waals surface area contributed by atoms with E-state index in [0.717, 1.165) is 50.7 Å². The normalized spacial score (nSPS) is 18.1. The number of rotatable bonds is 6. The van der Waals surface area contributed by atoms with Crippen LogP contribution in [0.5, 0.6) is 0 Å². The molecule has 186 valence electrons. The fourth-order valence-electron chi connectivity index (χ4n) is 3.68. The number of piperazine rings is 1. The number of likely N-dealkylation sites (N-methyl/N-ethyl adjacent to an activating group) is 1. The average molecular weight is 508 g/mol. The molecule has 13 heteroatoms. The van der Waals surface area contributed by atoms with Crippen molar-refractivity contribution in [3.05, 3.63) is 52.6 Å². The Hall–Kier alpha value is -3.16. The van der Waals surface area contributed by atoms with Crippen molar-refractivity contribution < 1.29 is 22.8 Å². The number of halogens is 3. The molecular weight excluding hydrogens is 483 g/mol. The van der Waals surface area contributed by atoms with Gasteiger partial charge in [-0.25, -0.2) is 9.97 Å². The Kier molecular flexibility index (Phi) is 7.28. The number of aromatic nitrogens is 2. The van der Waals surface area contributed by atoms with Crippen LogP contribution >= 0.6 is 11.8 Å². The van der Waals surface area contributed by atoms with Gasteiger partial charge in [-0.15, -0.1) is 0 Å². The highest BCUT2D eigenvalue weighted by Gasteiger charge is 2.34. The van der Waals surface area contributed by atoms with Gasteiger partial charge in [0, 0.05) is 55.9 Å². The van der Waals surface area contributed by atoms with Crippen molar-refractivity contribution in [2.24, 2.45) is 5.73 Å². The molecule has 3 heterocycles. The van der Waals surface area contributed by atoms with E-state index in [1.54, 1.807) is 18.2 Å². The Bertz CT molecular complexity index is 1160. The van der Waals surface area contributed by atoms with Gasteiger partial charge in [0.1, 0.15) is 11.3 Å². The van der Waals surface area contributed by atoms with E-state index < -0.39 is 23.6 Å². The Morgan fingerprint density at radius 2 is 1.94 bits per heavy atom. The van der Waals surface area contributed by atoms with Crippen LogP contribution in [0.1, 0.15) is 21.9 Å². The number of alkyl halides is 3. The summed E-state index contributed by atoms with van der Waals surface area (Å²) in [6.07, 6.45) is -3.77. The van der Waals surface area contributed by atoms with Gasteiger partial charge in [-0.05, 0) is 31.3 Å². The molecular formula is C22H24F3N7O2S. The minimum absolute atomic E-state index is 0.194. The maximum absolute atomic E-state index is 13.1. The number of hydrogen-bond donors (Lipinski definition) is 3. The first-order valence-corrected chi connectivity index (χ1v) is 11.7. The van der Waals surface area contributed by atoms with Crippen LogP contribution in [0.3, 0.4) is 0 Å². The van der Waals surface area contributed by atoms with Gasteiger partial charge in [0.25, 0.3) is 11.8 Å². The third-order valence-electron chi connectivity index (χ3n) is 5.66. The SMILES string of the molecule is CN1CCN(CCNC(=O)c2ccc3c(c2)S/C(=C(/C(N)=O)c2nccc(C(F)(F)F)n2)N3)CC1. The molecule has 2 aliphatic rings. The fraction of sp³-hybridized carbons (Fsp3) is 0.364. The van der Waals surface area contributed by atoms with Crippen LogP contribution in [0.4, 0.5) is 18.9 Å². The summed E-state index contributed by atoms with van der Waals surface area (Å²) in [5, 5.41) is 6.07. The van der Waals surface area contributed by atoms with E-state index in [2.05, 4.69) is 37.4 Å². The van der Waals surface area contributed by atoms with E-state index in [1.807, 2.05) is 0 Å². The van der Waals surface area contributed by atoms with Crippen LogP contribution in [0.15, 0.2) is 40.4 Å². The summed E-state index contributed by atoms with van der Waals surface area (Å²) in [5.74, 6) is -1.65. The molecule has 2 aromatic rings. The molecule has 1 fully saturated rings. The molecule has 2 amide bonds. The summed E-state index contributed by atoms with van der Waals surface area (Å²) in [6.45, 7) is 5.18. The van der Waals surface area contributed by atoms with Crippen molar-refractivity contribution >= 4 is 34.8 Å². The monoisotopic (exact) mass is 507 g/mol. The standard InChI is InChI=1S/C22H24F3N7O2S/c1-31-8-10-32(11-9-31)7-6-28-20(34)13-2-3-14-15(12-13)35-21(29-14)17(18(26)33)19-27-5-4-16(30-19)22(23,24)25/h2-5,12,29H,6-11H2,1H3,(H2,26,33)(H,28,34)/b21-17-. The topological polar surface area (TPSA) is 116 Å². The first-order valence-electron chi connectivity index (χ1n) is 10.8. The summed E-state index contributed by atoms with van der Waals surface area (Å²) in [5.41, 5.74) is 5.02. The number of nitrogens with zero attached hydrogens (tertiary/aromatic N) is 4. The zero-order chi connectivity index (χ0) is 25.2. The molecule has 0 spiro atoms. The lowest BCUT2D eigenvalue weighted by atomic mass is 10.2. The van der Waals surface area contributed by atoms with Gasteiger partial charge in [0.15, 0.2) is 5.82 Å². The molecule has 35 heavy (non-hydrogen) atoms. The highest BCUT2D eigenvalue weighted by Crippen LogP contribution is 2.44. The van der Waals surface area contributed by atoms with E-state index in [1.165, 1.54) is 0 Å². The largest absolute Gasteiger partial charge is 0.433 e. The molecule has 4 rings (SSSR count). The molecule has 0 atom stereocenters. The first kappa shape index (κ1) is 24.9. The van der Waals surface area contributed by atoms with Gasteiger partial charge in [0.2, 0.25) is 0 Å². The van der Waals surface area contributed by atoms with Crippen molar-refractivity contribution in [2.45, 2.75) is 11.1 Å². The number of nitrogens with two attached hydrogens (primary N) is 1. The average Bonchev–Trinajstić information content (AvgIpc) is 3.22. The molecule has 4 N–H and O–H groups in total. The summed E-state index contributed by atoms with van der Waals surface area (Å²) < 4.78 is 39.2. The maximum Gasteiger partial charge on any atom is 0.433 e. The van der Waals surface area contributed by atoms with Crippen LogP contribution in [0.2, 0.25) is 0 Å². The highest BCUT2D eigenvalue weighted by atomic mass is 32.2. The predicted molar refractivity (Wildman–Crippen MR) is 125 cm³/mol. The van der Waals surface area contributed by atoms with Crippen molar-refractivity contribution in [1.29, 1.82) is 0 Å². The van der Waals surface area contributed by atoms with Crippen LogP contribution in [-0.2, 0) is 11.0 Å². The van der Waals surface area contributed by atoms with Crippen LogP contribution in [0.25, 0.3) is 5.57 Å². The Labute approximate surface area is 204 Å². The van der Waals surface area contributed by atoms with Gasteiger partial charge < -0.3 is 21.3 Å². The summed E-state index contributed by atoms with van der Waals surface area (Å²) in [6, 6.07) is 5.66. The number of anilines is 1. The first-order chi connectivity index (χ1) is 16.6. The van der Waals surface area contributed by atoms with Crippen LogP contribution in [-0.4, -0.2) is 77.9 Å². The van der Waals surface area contributed by atoms with E-state index in [0.29, 0.717) is 28.8 Å². The third kappa shape index (κ3) is 5.92. The zero-order valence-electron chi connectivity index (χ0n) is 18.9. The van der Waals surface area contributed by atoms with Crippen LogP contribution < -0.4 is 16.4 Å². The number of carbonyl (C=O) groups is 2. The number of amides is 2. The van der Waals surface area contributed by atoms with Gasteiger partial charge in [-0.3, -0.25) is 14.5 Å². The quantitative estimate of drug-likeness (QED) is 0.508. The molecule has 0 saturated carbocycles. The molecule has 9 nitrogen and oxygen atoms in total. The van der Waals surface area contributed by atoms with Crippen molar-refractivity contribution in [2.75, 3.05) is 51.6 Å². The van der Waals surface area contributed by atoms with E-state index in [9.17, 15) is 22.8 Å². The lowest BCUT2D eigenvalue weighted by Gasteiger charge is -2.32. The highest BCUT2D eigenvalue weighted by molar-refractivity contribution is 8.04. The number of thioether (sulfide) groups is 1. The number of carbonyl (C=O) groups excluding carboxylic acids is 2.